The van der Waals surface area contributed by atoms with Crippen molar-refractivity contribution in [2.75, 3.05) is 36.4 Å². The van der Waals surface area contributed by atoms with Crippen LogP contribution in [0.4, 0.5) is 11.4 Å². The minimum Gasteiger partial charge on any atom is -0.374 e. The van der Waals surface area contributed by atoms with E-state index in [4.69, 9.17) is 0 Å². The topological polar surface area (TPSA) is 47.6 Å². The molecule has 0 radical (unpaired) electrons. The van der Waals surface area contributed by atoms with Crippen LogP contribution in [0.25, 0.3) is 0 Å². The van der Waals surface area contributed by atoms with Crippen LogP contribution in [0.5, 0.6) is 0 Å². The minimum atomic E-state index is -0.227. The third-order valence-electron chi connectivity index (χ3n) is 6.58. The quantitative estimate of drug-likeness (QED) is 0.703. The molecule has 0 spiro atoms. The molecular formula is C26H36N4O. The van der Waals surface area contributed by atoms with Gasteiger partial charge in [-0.25, -0.2) is 0 Å². The molecule has 31 heavy (non-hydrogen) atoms. The maximum absolute atomic E-state index is 12.5. The third-order valence-corrected chi connectivity index (χ3v) is 6.58. The number of carbonyl (C=O) groups is 1. The van der Waals surface area contributed by atoms with E-state index in [1.54, 1.807) is 0 Å². The van der Waals surface area contributed by atoms with Gasteiger partial charge in [-0.1, -0.05) is 49.6 Å². The normalized spacial score (nSPS) is 19.1. The first kappa shape index (κ1) is 21.7. The number of hydrogen-bond donors (Lipinski definition) is 2. The highest BCUT2D eigenvalue weighted by Crippen LogP contribution is 2.21. The summed E-state index contributed by atoms with van der Waals surface area (Å²) in [6.45, 7) is 7.20. The van der Waals surface area contributed by atoms with E-state index >= 15 is 0 Å². The van der Waals surface area contributed by atoms with E-state index in [9.17, 15) is 4.79 Å². The molecule has 1 saturated carbocycles. The van der Waals surface area contributed by atoms with Gasteiger partial charge in [-0.3, -0.25) is 9.69 Å². The van der Waals surface area contributed by atoms with Gasteiger partial charge in [-0.2, -0.15) is 0 Å². The summed E-state index contributed by atoms with van der Waals surface area (Å²) >= 11 is 0. The van der Waals surface area contributed by atoms with Gasteiger partial charge in [-0.05, 0) is 49.6 Å². The number of carbonyl (C=O) groups excluding carboxylic acids is 1. The molecule has 1 heterocycles. The molecule has 0 unspecified atom stereocenters. The number of benzene rings is 2. The fraction of sp³-hybridized carbons (Fsp3) is 0.500. The number of hydrogen-bond acceptors (Lipinski definition) is 4. The van der Waals surface area contributed by atoms with Crippen LogP contribution < -0.4 is 15.5 Å². The van der Waals surface area contributed by atoms with Crippen LogP contribution >= 0.6 is 0 Å². The van der Waals surface area contributed by atoms with E-state index in [0.717, 1.165) is 51.3 Å². The fourth-order valence-electron chi connectivity index (χ4n) is 4.66. The van der Waals surface area contributed by atoms with Gasteiger partial charge in [0, 0.05) is 50.1 Å². The van der Waals surface area contributed by atoms with Crippen molar-refractivity contribution in [1.82, 2.24) is 10.2 Å². The second kappa shape index (κ2) is 10.7. The Morgan fingerprint density at radius 2 is 1.61 bits per heavy atom. The Kier molecular flexibility index (Phi) is 7.47. The molecule has 4 rings (SSSR count). The van der Waals surface area contributed by atoms with Crippen LogP contribution in [-0.2, 0) is 11.3 Å². The minimum absolute atomic E-state index is 0.102. The van der Waals surface area contributed by atoms with Crippen molar-refractivity contribution < 1.29 is 4.79 Å². The van der Waals surface area contributed by atoms with Crippen molar-refractivity contribution in [3.8, 4) is 0 Å². The van der Waals surface area contributed by atoms with Gasteiger partial charge in [0.15, 0.2) is 0 Å². The van der Waals surface area contributed by atoms with Gasteiger partial charge in [0.25, 0.3) is 0 Å². The van der Waals surface area contributed by atoms with Crippen LogP contribution in [0, 0.1) is 0 Å². The molecule has 1 saturated heterocycles. The first-order valence-electron chi connectivity index (χ1n) is 11.9. The van der Waals surface area contributed by atoms with Crippen LogP contribution in [-0.4, -0.2) is 49.1 Å². The second-order valence-corrected chi connectivity index (χ2v) is 9.01. The number of amides is 1. The first-order valence-corrected chi connectivity index (χ1v) is 11.9. The monoisotopic (exact) mass is 420 g/mol. The fourth-order valence-corrected chi connectivity index (χ4v) is 4.66. The van der Waals surface area contributed by atoms with Crippen LogP contribution in [0.2, 0.25) is 0 Å². The number of rotatable bonds is 7. The zero-order valence-electron chi connectivity index (χ0n) is 18.7. The van der Waals surface area contributed by atoms with Gasteiger partial charge in [0.1, 0.15) is 6.04 Å². The first-order chi connectivity index (χ1) is 15.2. The molecule has 5 nitrogen and oxygen atoms in total. The van der Waals surface area contributed by atoms with Crippen molar-refractivity contribution in [2.24, 2.45) is 0 Å². The molecule has 1 aliphatic heterocycles. The van der Waals surface area contributed by atoms with E-state index in [1.807, 2.05) is 6.92 Å². The summed E-state index contributed by atoms with van der Waals surface area (Å²) in [7, 11) is 0. The highest BCUT2D eigenvalue weighted by Gasteiger charge is 2.20. The zero-order chi connectivity index (χ0) is 21.5. The van der Waals surface area contributed by atoms with E-state index in [-0.39, 0.29) is 11.9 Å². The SMILES string of the molecule is C[C@H](Nc1ccc(N2CCN(Cc3ccccc3)CC2)cc1)C(=O)NC1CCCCC1. The summed E-state index contributed by atoms with van der Waals surface area (Å²) in [6.07, 6.45) is 6.00. The maximum Gasteiger partial charge on any atom is 0.242 e. The highest BCUT2D eigenvalue weighted by atomic mass is 16.2. The Bertz CT molecular complexity index is 809. The van der Waals surface area contributed by atoms with Crippen molar-refractivity contribution in [1.29, 1.82) is 0 Å². The Hall–Kier alpha value is -2.53. The highest BCUT2D eigenvalue weighted by molar-refractivity contribution is 5.84. The molecule has 0 bridgehead atoms. The van der Waals surface area contributed by atoms with Crippen LogP contribution in [0.3, 0.4) is 0 Å². The number of piperazine rings is 1. The van der Waals surface area contributed by atoms with E-state index in [2.05, 4.69) is 75.0 Å². The Morgan fingerprint density at radius 3 is 2.29 bits per heavy atom. The molecule has 5 heteroatoms. The number of anilines is 2. The number of nitrogens with zero attached hydrogens (tertiary/aromatic N) is 2. The predicted molar refractivity (Wildman–Crippen MR) is 128 cm³/mol. The van der Waals surface area contributed by atoms with Crippen LogP contribution in [0.1, 0.15) is 44.6 Å². The van der Waals surface area contributed by atoms with Crippen molar-refractivity contribution in [3.63, 3.8) is 0 Å². The Labute approximate surface area is 186 Å². The van der Waals surface area contributed by atoms with Gasteiger partial charge in [0.05, 0.1) is 0 Å². The molecule has 1 atom stereocenters. The second-order valence-electron chi connectivity index (χ2n) is 9.01. The van der Waals surface area contributed by atoms with E-state index < -0.39 is 0 Å². The van der Waals surface area contributed by atoms with Gasteiger partial charge in [-0.15, -0.1) is 0 Å². The van der Waals surface area contributed by atoms with Gasteiger partial charge >= 0.3 is 0 Å². The van der Waals surface area contributed by atoms with Gasteiger partial charge in [0.2, 0.25) is 5.91 Å². The largest absolute Gasteiger partial charge is 0.374 e. The standard InChI is InChI=1S/C26H36N4O/c1-21(26(31)28-23-10-6-3-7-11-23)27-24-12-14-25(15-13-24)30-18-16-29(17-19-30)20-22-8-4-2-5-9-22/h2,4-5,8-9,12-15,21,23,27H,3,6-7,10-11,16-20H2,1H3,(H,28,31)/t21-/m0/s1. The molecule has 166 valence electrons. The third kappa shape index (κ3) is 6.23. The van der Waals surface area contributed by atoms with Crippen molar-refractivity contribution >= 4 is 17.3 Å². The lowest BCUT2D eigenvalue weighted by Gasteiger charge is -2.36. The average molecular weight is 421 g/mol. The molecule has 2 aromatic carbocycles. The lowest BCUT2D eigenvalue weighted by atomic mass is 9.95. The van der Waals surface area contributed by atoms with Crippen molar-refractivity contribution in [2.45, 2.75) is 57.7 Å². The summed E-state index contributed by atoms with van der Waals surface area (Å²) in [5.74, 6) is 0.102. The van der Waals surface area contributed by atoms with Gasteiger partial charge < -0.3 is 15.5 Å². The summed E-state index contributed by atoms with van der Waals surface area (Å²) < 4.78 is 0. The Morgan fingerprint density at radius 1 is 0.935 bits per heavy atom. The molecule has 2 N–H and O–H groups in total. The van der Waals surface area contributed by atoms with Crippen molar-refractivity contribution in [3.05, 3.63) is 60.2 Å². The summed E-state index contributed by atoms with van der Waals surface area (Å²) in [5.41, 5.74) is 3.63. The van der Waals surface area contributed by atoms with E-state index in [0.29, 0.717) is 6.04 Å². The lowest BCUT2D eigenvalue weighted by molar-refractivity contribution is -0.122. The summed E-state index contributed by atoms with van der Waals surface area (Å²) in [4.78, 5) is 17.5. The molecule has 1 aliphatic carbocycles. The summed E-state index contributed by atoms with van der Waals surface area (Å²) in [6, 6.07) is 19.4. The zero-order valence-corrected chi connectivity index (χ0v) is 18.7. The molecule has 2 fully saturated rings. The van der Waals surface area contributed by atoms with Crippen LogP contribution in [0.15, 0.2) is 54.6 Å². The molecule has 0 aromatic heterocycles. The average Bonchev–Trinajstić information content (AvgIpc) is 2.81. The lowest BCUT2D eigenvalue weighted by Crippen LogP contribution is -2.46. The summed E-state index contributed by atoms with van der Waals surface area (Å²) in [5, 5.41) is 6.57. The molecular weight excluding hydrogens is 384 g/mol. The van der Waals surface area contributed by atoms with E-state index in [1.165, 1.54) is 30.5 Å². The molecule has 2 aliphatic rings. The molecule has 2 aromatic rings. The molecule has 1 amide bonds. The maximum atomic E-state index is 12.5. The predicted octanol–water partition coefficient (Wildman–Crippen LogP) is 4.26. The smallest absolute Gasteiger partial charge is 0.242 e. The number of nitrogens with one attached hydrogen (secondary N) is 2. The Balaban J connectivity index is 1.23.